The van der Waals surface area contributed by atoms with Crippen LogP contribution in [0.1, 0.15) is 41.4 Å². The first-order valence-electron chi connectivity index (χ1n) is 13.9. The second-order valence-electron chi connectivity index (χ2n) is 10.5. The molecular weight excluding hydrogens is 583 g/mol. The van der Waals surface area contributed by atoms with Gasteiger partial charge in [0.2, 0.25) is 5.88 Å². The van der Waals surface area contributed by atoms with Gasteiger partial charge in [-0.2, -0.15) is 4.98 Å². The summed E-state index contributed by atoms with van der Waals surface area (Å²) in [5, 5.41) is 1.07. The SMILES string of the molecule is O=C1CC(c2ccccc2)CC2=C1C(c1ccc(Cl)cc1)c1c(nc(Oc3ccccc3)n(-c3ccc(Cl)cc3)c1=O)O2. The van der Waals surface area contributed by atoms with Crippen LogP contribution in [0.5, 0.6) is 17.6 Å². The molecule has 43 heavy (non-hydrogen) atoms. The Labute approximate surface area is 257 Å². The van der Waals surface area contributed by atoms with E-state index >= 15 is 0 Å². The van der Waals surface area contributed by atoms with Gasteiger partial charge in [-0.3, -0.25) is 9.59 Å². The first-order valence-corrected chi connectivity index (χ1v) is 14.6. The number of ether oxygens (including phenoxy) is 2. The summed E-state index contributed by atoms with van der Waals surface area (Å²) in [6.45, 7) is 0. The average molecular weight is 607 g/mol. The number of hydrogen-bond acceptors (Lipinski definition) is 5. The lowest BCUT2D eigenvalue weighted by Gasteiger charge is -2.35. The monoisotopic (exact) mass is 606 g/mol. The van der Waals surface area contributed by atoms with Crippen molar-refractivity contribution in [1.29, 1.82) is 0 Å². The Morgan fingerprint density at radius 1 is 0.744 bits per heavy atom. The molecule has 0 saturated carbocycles. The number of aromatic nitrogens is 2. The third kappa shape index (κ3) is 5.13. The zero-order chi connectivity index (χ0) is 29.5. The third-order valence-electron chi connectivity index (χ3n) is 7.83. The summed E-state index contributed by atoms with van der Waals surface area (Å²) in [7, 11) is 0. The molecule has 0 N–H and O–H groups in total. The zero-order valence-corrected chi connectivity index (χ0v) is 24.3. The maximum atomic E-state index is 14.6. The van der Waals surface area contributed by atoms with Crippen LogP contribution in [0.4, 0.5) is 0 Å². The second kappa shape index (κ2) is 11.2. The molecule has 0 fully saturated rings. The number of carbonyl (C=O) groups excluding carboxylic acids is 1. The highest BCUT2D eigenvalue weighted by molar-refractivity contribution is 6.30. The van der Waals surface area contributed by atoms with Gasteiger partial charge in [-0.15, -0.1) is 0 Å². The first kappa shape index (κ1) is 27.2. The Hall–Kier alpha value is -4.65. The molecule has 0 saturated heterocycles. The smallest absolute Gasteiger partial charge is 0.312 e. The number of fused-ring (bicyclic) bond motifs is 1. The van der Waals surface area contributed by atoms with Gasteiger partial charge in [0.25, 0.3) is 5.56 Å². The molecular formula is C35H24Cl2N2O4. The summed E-state index contributed by atoms with van der Waals surface area (Å²) in [5.74, 6) is 0.293. The van der Waals surface area contributed by atoms with Gasteiger partial charge in [0.1, 0.15) is 11.5 Å². The van der Waals surface area contributed by atoms with Crippen LogP contribution in [-0.4, -0.2) is 15.3 Å². The molecule has 7 rings (SSSR count). The van der Waals surface area contributed by atoms with Gasteiger partial charge in [0.15, 0.2) is 5.78 Å². The number of allylic oxidation sites excluding steroid dienone is 2. The lowest BCUT2D eigenvalue weighted by molar-refractivity contribution is -0.117. The van der Waals surface area contributed by atoms with Crippen molar-refractivity contribution in [1.82, 2.24) is 9.55 Å². The molecule has 5 aromatic rings. The minimum atomic E-state index is -0.704. The predicted octanol–water partition coefficient (Wildman–Crippen LogP) is 8.26. The number of ketones is 1. The fraction of sp³-hybridized carbons (Fsp3) is 0.114. The van der Waals surface area contributed by atoms with Gasteiger partial charge in [-0.25, -0.2) is 4.57 Å². The van der Waals surface area contributed by atoms with Crippen molar-refractivity contribution < 1.29 is 14.3 Å². The largest absolute Gasteiger partial charge is 0.442 e. The van der Waals surface area contributed by atoms with Gasteiger partial charge >= 0.3 is 6.01 Å². The third-order valence-corrected chi connectivity index (χ3v) is 8.33. The van der Waals surface area contributed by atoms with Gasteiger partial charge < -0.3 is 9.47 Å². The fourth-order valence-corrected chi connectivity index (χ4v) is 6.08. The Bertz CT molecular complexity index is 1920. The summed E-state index contributed by atoms with van der Waals surface area (Å²) >= 11 is 12.4. The molecule has 8 heteroatoms. The Morgan fingerprint density at radius 3 is 2.05 bits per heavy atom. The molecule has 0 radical (unpaired) electrons. The second-order valence-corrected chi connectivity index (χ2v) is 11.4. The highest BCUT2D eigenvalue weighted by Gasteiger charge is 2.43. The summed E-state index contributed by atoms with van der Waals surface area (Å²) in [6.07, 6.45) is 0.797. The van der Waals surface area contributed by atoms with Crippen molar-refractivity contribution >= 4 is 29.0 Å². The van der Waals surface area contributed by atoms with Crippen molar-refractivity contribution in [3.8, 4) is 23.3 Å². The van der Waals surface area contributed by atoms with Crippen LogP contribution in [-0.2, 0) is 4.79 Å². The molecule has 212 valence electrons. The molecule has 4 aromatic carbocycles. The molecule has 1 aliphatic heterocycles. The topological polar surface area (TPSA) is 70.4 Å². The van der Waals surface area contributed by atoms with Gasteiger partial charge in [-0.1, -0.05) is 83.9 Å². The normalized spacial score (nSPS) is 17.6. The van der Waals surface area contributed by atoms with E-state index < -0.39 is 11.5 Å². The fourth-order valence-electron chi connectivity index (χ4n) is 5.83. The molecule has 1 aliphatic carbocycles. The van der Waals surface area contributed by atoms with Crippen LogP contribution < -0.4 is 15.0 Å². The molecule has 0 spiro atoms. The van der Waals surface area contributed by atoms with Crippen LogP contribution in [0, 0.1) is 0 Å². The summed E-state index contributed by atoms with van der Waals surface area (Å²) < 4.78 is 14.0. The van der Waals surface area contributed by atoms with E-state index in [1.54, 1.807) is 48.5 Å². The number of para-hydroxylation sites is 1. The van der Waals surface area contributed by atoms with E-state index in [-0.39, 0.29) is 29.2 Å². The molecule has 2 atom stereocenters. The molecule has 2 aliphatic rings. The summed E-state index contributed by atoms with van der Waals surface area (Å²) in [6, 6.07) is 33.0. The van der Waals surface area contributed by atoms with Crippen molar-refractivity contribution in [2.75, 3.05) is 0 Å². The van der Waals surface area contributed by atoms with Crippen LogP contribution >= 0.6 is 23.2 Å². The van der Waals surface area contributed by atoms with Crippen LogP contribution in [0.25, 0.3) is 5.69 Å². The number of carbonyl (C=O) groups is 1. The minimum absolute atomic E-state index is 0.0259. The number of Topliss-reactive ketones (excluding diaryl/α,β-unsaturated/α-hetero) is 1. The van der Waals surface area contributed by atoms with Crippen molar-refractivity contribution in [3.05, 3.63) is 158 Å². The number of benzene rings is 4. The quantitative estimate of drug-likeness (QED) is 0.201. The number of nitrogens with zero attached hydrogens (tertiary/aromatic N) is 2. The Balaban J connectivity index is 1.45. The van der Waals surface area contributed by atoms with E-state index in [1.165, 1.54) is 4.57 Å². The van der Waals surface area contributed by atoms with E-state index in [4.69, 9.17) is 37.7 Å². The highest BCUT2D eigenvalue weighted by Crippen LogP contribution is 2.48. The Morgan fingerprint density at radius 2 is 1.37 bits per heavy atom. The van der Waals surface area contributed by atoms with E-state index in [1.807, 2.05) is 60.7 Å². The Kier molecular flexibility index (Phi) is 7.09. The average Bonchev–Trinajstić information content (AvgIpc) is 3.02. The highest BCUT2D eigenvalue weighted by atomic mass is 35.5. The van der Waals surface area contributed by atoms with Crippen molar-refractivity contribution in [2.45, 2.75) is 24.7 Å². The molecule has 0 bridgehead atoms. The molecule has 1 aromatic heterocycles. The number of rotatable bonds is 5. The summed E-state index contributed by atoms with van der Waals surface area (Å²) in [5.41, 5.74) is 2.61. The van der Waals surface area contributed by atoms with Crippen molar-refractivity contribution in [3.63, 3.8) is 0 Å². The lowest BCUT2D eigenvalue weighted by atomic mass is 9.74. The molecule has 0 amide bonds. The lowest BCUT2D eigenvalue weighted by Crippen LogP contribution is -2.35. The van der Waals surface area contributed by atoms with Crippen LogP contribution in [0.2, 0.25) is 10.0 Å². The van der Waals surface area contributed by atoms with E-state index in [0.717, 1.165) is 11.1 Å². The van der Waals surface area contributed by atoms with Gasteiger partial charge in [0.05, 0.1) is 17.2 Å². The van der Waals surface area contributed by atoms with Gasteiger partial charge in [-0.05, 0) is 65.6 Å². The number of halogens is 2. The molecule has 2 unspecified atom stereocenters. The van der Waals surface area contributed by atoms with E-state index in [9.17, 15) is 9.59 Å². The first-order chi connectivity index (χ1) is 21.0. The summed E-state index contributed by atoms with van der Waals surface area (Å²) in [4.78, 5) is 33.3. The minimum Gasteiger partial charge on any atom is -0.442 e. The van der Waals surface area contributed by atoms with E-state index in [2.05, 4.69) is 0 Å². The van der Waals surface area contributed by atoms with Crippen LogP contribution in [0.3, 0.4) is 0 Å². The predicted molar refractivity (Wildman–Crippen MR) is 166 cm³/mol. The molecule has 6 nitrogen and oxygen atoms in total. The maximum Gasteiger partial charge on any atom is 0.312 e. The van der Waals surface area contributed by atoms with Crippen molar-refractivity contribution in [2.24, 2.45) is 0 Å². The van der Waals surface area contributed by atoms with Gasteiger partial charge in [0, 0.05) is 28.5 Å². The maximum absolute atomic E-state index is 14.6. The van der Waals surface area contributed by atoms with Crippen LogP contribution in [0.15, 0.2) is 125 Å². The molecule has 2 heterocycles. The van der Waals surface area contributed by atoms with E-state index in [0.29, 0.717) is 45.7 Å². The number of hydrogen-bond donors (Lipinski definition) is 0. The zero-order valence-electron chi connectivity index (χ0n) is 22.7. The standard InChI is InChI=1S/C35H24Cl2N2O4/c36-24-13-11-22(12-14-24)30-31-28(40)19-23(21-7-3-1-4-8-21)20-29(31)43-33-32(30)34(41)39(26-17-15-25(37)16-18-26)35(38-33)42-27-9-5-2-6-10-27/h1-18,23,30H,19-20H2.